The fourth-order valence-corrected chi connectivity index (χ4v) is 2.78. The Balaban J connectivity index is 1.96. The number of carbonyl (C=O) groups excluding carboxylic acids is 1. The average molecular weight is 359 g/mol. The zero-order chi connectivity index (χ0) is 17.3. The van der Waals surface area contributed by atoms with E-state index in [1.54, 1.807) is 35.8 Å². The maximum Gasteiger partial charge on any atom is 0.247 e. The molecular weight excluding hydrogens is 344 g/mol. The number of halogens is 1. The zero-order valence-electron chi connectivity index (χ0n) is 12.8. The lowest BCUT2D eigenvalue weighted by Gasteiger charge is -2.17. The van der Waals surface area contributed by atoms with Crippen LogP contribution in [0, 0.1) is 5.41 Å². The monoisotopic (exact) mass is 358 g/mol. The second-order valence-electron chi connectivity index (χ2n) is 5.31. The van der Waals surface area contributed by atoms with E-state index in [2.05, 4.69) is 22.9 Å². The minimum Gasteiger partial charge on any atom is -0.324 e. The quantitative estimate of drug-likeness (QED) is 0.372. The first-order valence-corrected chi connectivity index (χ1v) is 8.11. The van der Waals surface area contributed by atoms with Gasteiger partial charge in [-0.2, -0.15) is 0 Å². The number of para-hydroxylation sites is 2. The largest absolute Gasteiger partial charge is 0.324 e. The highest BCUT2D eigenvalue weighted by Gasteiger charge is 2.22. The minimum atomic E-state index is -0.560. The molecule has 7 heteroatoms. The summed E-state index contributed by atoms with van der Waals surface area (Å²) in [5, 5.41) is 11.3. The third kappa shape index (κ3) is 3.16. The predicted molar refractivity (Wildman–Crippen MR) is 100 cm³/mol. The van der Waals surface area contributed by atoms with E-state index in [-0.39, 0.29) is 11.0 Å². The second-order valence-corrected chi connectivity index (χ2v) is 6.20. The van der Waals surface area contributed by atoms with Crippen molar-refractivity contribution in [3.8, 4) is 0 Å². The Bertz CT molecular complexity index is 920. The molecule has 5 nitrogen and oxygen atoms in total. The van der Waals surface area contributed by atoms with Gasteiger partial charge in [0.1, 0.15) is 11.1 Å². The lowest BCUT2D eigenvalue weighted by atomic mass is 10.2. The molecule has 0 fully saturated rings. The number of amides is 1. The standard InChI is InChI=1S/C17H15ClN4OS/c1-10(17(23)20-12-8-6-11(18)7-9-12)22-14-5-3-2-4-13(14)21-16(22)15(19)24/h2-10H,1H3,(H2,19,24)(H,20,23). The van der Waals surface area contributed by atoms with Crippen LogP contribution in [0.3, 0.4) is 0 Å². The van der Waals surface area contributed by atoms with E-state index in [0.29, 0.717) is 16.5 Å². The summed E-state index contributed by atoms with van der Waals surface area (Å²) in [6.45, 7) is 1.76. The molecule has 24 heavy (non-hydrogen) atoms. The third-order valence-corrected chi connectivity index (χ3v) is 4.14. The van der Waals surface area contributed by atoms with Gasteiger partial charge in [-0.3, -0.25) is 10.2 Å². The van der Waals surface area contributed by atoms with E-state index in [0.717, 1.165) is 11.0 Å². The van der Waals surface area contributed by atoms with Gasteiger partial charge in [-0.25, -0.2) is 4.98 Å². The van der Waals surface area contributed by atoms with Gasteiger partial charge >= 0.3 is 0 Å². The molecule has 1 atom stereocenters. The number of anilines is 1. The molecule has 2 N–H and O–H groups in total. The van der Waals surface area contributed by atoms with Gasteiger partial charge in [0.25, 0.3) is 0 Å². The first kappa shape index (κ1) is 16.5. The van der Waals surface area contributed by atoms with Crippen molar-refractivity contribution in [3.63, 3.8) is 0 Å². The number of carbonyl (C=O) groups is 1. The first-order chi connectivity index (χ1) is 11.5. The molecule has 122 valence electrons. The number of hydrogen-bond donors (Lipinski definition) is 3. The SMILES string of the molecule is CC(C(=O)Nc1ccc(Cl)cc1)n1c(C(=N)S)nc2ccccc21. The zero-order valence-corrected chi connectivity index (χ0v) is 14.5. The van der Waals surface area contributed by atoms with Crippen molar-refractivity contribution < 1.29 is 4.79 Å². The molecule has 0 aliphatic heterocycles. The molecule has 0 saturated carbocycles. The number of thiol groups is 1. The minimum absolute atomic E-state index is 0.0114. The molecule has 3 aromatic rings. The molecule has 1 amide bonds. The van der Waals surface area contributed by atoms with Crippen LogP contribution in [-0.4, -0.2) is 20.5 Å². The van der Waals surface area contributed by atoms with E-state index in [9.17, 15) is 4.79 Å². The molecule has 0 saturated heterocycles. The van der Waals surface area contributed by atoms with Crippen molar-refractivity contribution in [2.24, 2.45) is 0 Å². The van der Waals surface area contributed by atoms with E-state index in [4.69, 9.17) is 17.0 Å². The van der Waals surface area contributed by atoms with Gasteiger partial charge in [0.05, 0.1) is 11.0 Å². The smallest absolute Gasteiger partial charge is 0.247 e. The molecule has 0 radical (unpaired) electrons. The summed E-state index contributed by atoms with van der Waals surface area (Å²) in [6.07, 6.45) is 0. The molecule has 0 aliphatic carbocycles. The van der Waals surface area contributed by atoms with Crippen LogP contribution in [-0.2, 0) is 4.79 Å². The van der Waals surface area contributed by atoms with Crippen LogP contribution < -0.4 is 5.32 Å². The lowest BCUT2D eigenvalue weighted by Crippen LogP contribution is -2.25. The van der Waals surface area contributed by atoms with Gasteiger partial charge < -0.3 is 9.88 Å². The Hall–Kier alpha value is -2.31. The van der Waals surface area contributed by atoms with Crippen molar-refractivity contribution in [2.75, 3.05) is 5.32 Å². The van der Waals surface area contributed by atoms with Crippen LogP contribution in [0.25, 0.3) is 11.0 Å². The number of fused-ring (bicyclic) bond motifs is 1. The number of imidazole rings is 1. The second kappa shape index (κ2) is 6.67. The fraction of sp³-hybridized carbons (Fsp3) is 0.118. The van der Waals surface area contributed by atoms with E-state index in [1.165, 1.54) is 0 Å². The molecule has 0 aliphatic rings. The molecule has 1 aromatic heterocycles. The predicted octanol–water partition coefficient (Wildman–Crippen LogP) is 4.14. The van der Waals surface area contributed by atoms with Gasteiger partial charge in [-0.15, -0.1) is 12.6 Å². The van der Waals surface area contributed by atoms with Crippen molar-refractivity contribution in [1.82, 2.24) is 9.55 Å². The van der Waals surface area contributed by atoms with Crippen LogP contribution in [0.5, 0.6) is 0 Å². The molecule has 2 aromatic carbocycles. The Morgan fingerprint density at radius 3 is 2.58 bits per heavy atom. The summed E-state index contributed by atoms with van der Waals surface area (Å²) in [4.78, 5) is 17.0. The number of nitrogens with one attached hydrogen (secondary N) is 2. The van der Waals surface area contributed by atoms with Crippen LogP contribution >= 0.6 is 24.2 Å². The van der Waals surface area contributed by atoms with Crippen LogP contribution in [0.15, 0.2) is 48.5 Å². The highest BCUT2D eigenvalue weighted by atomic mass is 35.5. The topological polar surface area (TPSA) is 70.8 Å². The Morgan fingerprint density at radius 1 is 1.25 bits per heavy atom. The van der Waals surface area contributed by atoms with Gasteiger partial charge in [0.15, 0.2) is 5.82 Å². The maximum atomic E-state index is 12.6. The number of benzene rings is 2. The van der Waals surface area contributed by atoms with Crippen LogP contribution in [0.4, 0.5) is 5.69 Å². The highest BCUT2D eigenvalue weighted by molar-refractivity contribution is 7.97. The molecule has 1 heterocycles. The van der Waals surface area contributed by atoms with E-state index >= 15 is 0 Å². The van der Waals surface area contributed by atoms with E-state index < -0.39 is 6.04 Å². The average Bonchev–Trinajstić information content (AvgIpc) is 2.96. The summed E-state index contributed by atoms with van der Waals surface area (Å²) in [5.74, 6) is 0.148. The first-order valence-electron chi connectivity index (χ1n) is 7.28. The summed E-state index contributed by atoms with van der Waals surface area (Å²) in [7, 11) is 0. The Morgan fingerprint density at radius 2 is 1.92 bits per heavy atom. The summed E-state index contributed by atoms with van der Waals surface area (Å²) >= 11 is 9.95. The molecular formula is C17H15ClN4OS. The summed E-state index contributed by atoms with van der Waals surface area (Å²) < 4.78 is 1.72. The molecule has 0 bridgehead atoms. The van der Waals surface area contributed by atoms with Gasteiger partial charge in [0.2, 0.25) is 5.91 Å². The number of nitrogens with zero attached hydrogens (tertiary/aromatic N) is 2. The Kier molecular flexibility index (Phi) is 4.59. The van der Waals surface area contributed by atoms with E-state index in [1.807, 2.05) is 24.3 Å². The number of rotatable bonds is 4. The lowest BCUT2D eigenvalue weighted by molar-refractivity contribution is -0.118. The highest BCUT2D eigenvalue weighted by Crippen LogP contribution is 2.23. The third-order valence-electron chi connectivity index (χ3n) is 3.69. The van der Waals surface area contributed by atoms with Gasteiger partial charge in [-0.1, -0.05) is 23.7 Å². The van der Waals surface area contributed by atoms with Crippen molar-refractivity contribution in [3.05, 3.63) is 59.4 Å². The Labute approximate surface area is 149 Å². The normalized spacial score (nSPS) is 12.1. The number of hydrogen-bond acceptors (Lipinski definition) is 3. The van der Waals surface area contributed by atoms with Gasteiger partial charge in [0, 0.05) is 10.7 Å². The van der Waals surface area contributed by atoms with Crippen LogP contribution in [0.1, 0.15) is 18.8 Å². The van der Waals surface area contributed by atoms with Crippen molar-refractivity contribution in [2.45, 2.75) is 13.0 Å². The van der Waals surface area contributed by atoms with Gasteiger partial charge in [-0.05, 0) is 43.3 Å². The molecule has 1 unspecified atom stereocenters. The van der Waals surface area contributed by atoms with Crippen molar-refractivity contribution >= 4 is 51.9 Å². The van der Waals surface area contributed by atoms with Crippen LogP contribution in [0.2, 0.25) is 5.02 Å². The molecule has 0 spiro atoms. The van der Waals surface area contributed by atoms with Crippen molar-refractivity contribution in [1.29, 1.82) is 5.41 Å². The fourth-order valence-electron chi connectivity index (χ4n) is 2.50. The molecule has 3 rings (SSSR count). The summed E-state index contributed by atoms with van der Waals surface area (Å²) in [5.41, 5.74) is 2.16. The maximum absolute atomic E-state index is 12.6. The summed E-state index contributed by atoms with van der Waals surface area (Å²) in [6, 6.07) is 13.8. The number of aromatic nitrogens is 2.